The van der Waals surface area contributed by atoms with Crippen molar-refractivity contribution < 1.29 is 14.3 Å². The zero-order chi connectivity index (χ0) is 11.7. The van der Waals surface area contributed by atoms with Crippen molar-refractivity contribution in [1.82, 2.24) is 5.32 Å². The molecule has 1 amide bonds. The molecule has 6 aliphatic rings. The molecule has 6 saturated carbocycles. The molecule has 1 N–H and O–H groups in total. The fourth-order valence-corrected chi connectivity index (χ4v) is 6.88. The molecule has 0 aromatic carbocycles. The van der Waals surface area contributed by atoms with Gasteiger partial charge in [0.05, 0.1) is 17.9 Å². The molecule has 0 saturated heterocycles. The lowest BCUT2D eigenvalue weighted by atomic mass is 8.92. The molecule has 0 aliphatic heterocycles. The standard InChI is InChI=1S/C13H15NO3/c1-3-14-10(15)12-4-7-5(12)9-6(12)8(4)13(7,9)11(16)17-2/h4-9H,3H2,1-2H3,(H,14,15). The Morgan fingerprint density at radius 2 is 1.53 bits per heavy atom. The van der Waals surface area contributed by atoms with Gasteiger partial charge in [-0.25, -0.2) is 0 Å². The first-order valence-corrected chi connectivity index (χ1v) is 6.56. The molecule has 17 heavy (non-hydrogen) atoms. The van der Waals surface area contributed by atoms with Crippen molar-refractivity contribution in [2.24, 2.45) is 46.3 Å². The first kappa shape index (κ1) is 8.95. The second-order valence-electron chi connectivity index (χ2n) is 6.37. The number of hydrogen-bond donors (Lipinski definition) is 1. The Kier molecular flexibility index (Phi) is 1.06. The molecule has 0 radical (unpaired) electrons. The van der Waals surface area contributed by atoms with Crippen LogP contribution in [0.2, 0.25) is 0 Å². The predicted octanol–water partition coefficient (Wildman–Crippen LogP) is 0.0335. The van der Waals surface area contributed by atoms with Crippen LogP contribution < -0.4 is 5.32 Å². The number of carbonyl (C=O) groups excluding carboxylic acids is 2. The van der Waals surface area contributed by atoms with Crippen molar-refractivity contribution in [3.63, 3.8) is 0 Å². The van der Waals surface area contributed by atoms with Crippen LogP contribution in [-0.4, -0.2) is 25.5 Å². The van der Waals surface area contributed by atoms with E-state index < -0.39 is 0 Å². The van der Waals surface area contributed by atoms with Gasteiger partial charge in [-0.3, -0.25) is 9.59 Å². The van der Waals surface area contributed by atoms with Crippen molar-refractivity contribution in [2.75, 3.05) is 13.7 Å². The maximum Gasteiger partial charge on any atom is 0.312 e. The molecule has 0 aromatic rings. The summed E-state index contributed by atoms with van der Waals surface area (Å²) in [5.41, 5.74) is -0.130. The molecule has 0 unspecified atom stereocenters. The first-order valence-electron chi connectivity index (χ1n) is 6.56. The van der Waals surface area contributed by atoms with Gasteiger partial charge in [0.1, 0.15) is 0 Å². The Bertz CT molecular complexity index is 443. The summed E-state index contributed by atoms with van der Waals surface area (Å²) < 4.78 is 4.96. The van der Waals surface area contributed by atoms with E-state index in [0.717, 1.165) is 6.54 Å². The highest BCUT2D eigenvalue weighted by molar-refractivity contribution is 5.98. The van der Waals surface area contributed by atoms with Gasteiger partial charge in [0, 0.05) is 6.54 Å². The third-order valence-corrected chi connectivity index (χ3v) is 6.90. The van der Waals surface area contributed by atoms with E-state index in [1.807, 2.05) is 6.92 Å². The Hall–Kier alpha value is -1.06. The average molecular weight is 233 g/mol. The highest BCUT2D eigenvalue weighted by Crippen LogP contribution is 3.10. The maximum atomic E-state index is 12.1. The maximum absolute atomic E-state index is 12.1. The molecule has 0 heterocycles. The van der Waals surface area contributed by atoms with E-state index in [1.165, 1.54) is 7.11 Å². The summed E-state index contributed by atoms with van der Waals surface area (Å²) in [4.78, 5) is 24.0. The van der Waals surface area contributed by atoms with Crippen LogP contribution in [0.15, 0.2) is 0 Å². The Morgan fingerprint density at radius 1 is 1.06 bits per heavy atom. The number of esters is 1. The quantitative estimate of drug-likeness (QED) is 0.700. The number of rotatable bonds is 3. The van der Waals surface area contributed by atoms with Crippen LogP contribution in [0.3, 0.4) is 0 Å². The molecule has 4 heteroatoms. The Balaban J connectivity index is 1.48. The molecule has 6 rings (SSSR count). The van der Waals surface area contributed by atoms with E-state index in [-0.39, 0.29) is 22.7 Å². The largest absolute Gasteiger partial charge is 0.469 e. The van der Waals surface area contributed by atoms with Crippen LogP contribution in [-0.2, 0) is 14.3 Å². The molecule has 0 atom stereocenters. The van der Waals surface area contributed by atoms with E-state index in [2.05, 4.69) is 5.32 Å². The lowest BCUT2D eigenvalue weighted by molar-refractivity contribution is -0.626. The van der Waals surface area contributed by atoms with Crippen LogP contribution in [0.1, 0.15) is 6.92 Å². The lowest BCUT2D eigenvalue weighted by Gasteiger charge is -3.09. The molecule has 0 spiro atoms. The summed E-state index contributed by atoms with van der Waals surface area (Å²) in [7, 11) is 1.49. The summed E-state index contributed by atoms with van der Waals surface area (Å²) in [5.74, 6) is 3.33. The topological polar surface area (TPSA) is 55.4 Å². The van der Waals surface area contributed by atoms with Crippen LogP contribution in [0, 0.1) is 46.3 Å². The highest BCUT2D eigenvalue weighted by atomic mass is 16.5. The van der Waals surface area contributed by atoms with Gasteiger partial charge in [0.25, 0.3) is 0 Å². The zero-order valence-electron chi connectivity index (χ0n) is 9.90. The lowest BCUT2D eigenvalue weighted by Crippen LogP contribution is -3.12. The number of ether oxygens (including phenoxy) is 1. The molecule has 6 aliphatic carbocycles. The SMILES string of the molecule is CCNC(=O)C12C3C4C1C1C2C3C41C(=O)OC. The number of hydrogen-bond acceptors (Lipinski definition) is 3. The molecule has 6 fully saturated rings. The van der Waals surface area contributed by atoms with Crippen LogP contribution in [0.5, 0.6) is 0 Å². The number of carbonyl (C=O) groups is 2. The van der Waals surface area contributed by atoms with Crippen molar-refractivity contribution >= 4 is 11.9 Å². The van der Waals surface area contributed by atoms with Crippen LogP contribution >= 0.6 is 0 Å². The summed E-state index contributed by atoms with van der Waals surface area (Å²) in [6.45, 7) is 2.68. The minimum absolute atomic E-state index is 0.00505. The van der Waals surface area contributed by atoms with Crippen LogP contribution in [0.4, 0.5) is 0 Å². The van der Waals surface area contributed by atoms with Gasteiger partial charge in [-0.1, -0.05) is 0 Å². The number of nitrogens with one attached hydrogen (secondary N) is 1. The van der Waals surface area contributed by atoms with Gasteiger partial charge in [-0.2, -0.15) is 0 Å². The van der Waals surface area contributed by atoms with Crippen LogP contribution in [0.25, 0.3) is 0 Å². The van der Waals surface area contributed by atoms with E-state index in [9.17, 15) is 9.59 Å². The van der Waals surface area contributed by atoms with E-state index in [1.54, 1.807) is 0 Å². The van der Waals surface area contributed by atoms with Crippen molar-refractivity contribution in [3.8, 4) is 0 Å². The second kappa shape index (κ2) is 2.02. The third-order valence-electron chi connectivity index (χ3n) is 6.90. The summed E-state index contributed by atoms with van der Waals surface area (Å²) in [6.07, 6.45) is 0. The monoisotopic (exact) mass is 233 g/mol. The van der Waals surface area contributed by atoms with Gasteiger partial charge < -0.3 is 10.1 Å². The van der Waals surface area contributed by atoms with E-state index in [4.69, 9.17) is 4.74 Å². The summed E-state index contributed by atoms with van der Waals surface area (Å²) in [6, 6.07) is 0. The zero-order valence-corrected chi connectivity index (χ0v) is 9.90. The minimum atomic E-state index is -0.108. The molecule has 0 aromatic heterocycles. The first-order chi connectivity index (χ1) is 8.19. The van der Waals surface area contributed by atoms with E-state index >= 15 is 0 Å². The van der Waals surface area contributed by atoms with Gasteiger partial charge >= 0.3 is 5.97 Å². The summed E-state index contributed by atoms with van der Waals surface area (Å²) >= 11 is 0. The molecule has 0 bridgehead atoms. The average Bonchev–Trinajstić information content (AvgIpc) is 2.37. The second-order valence-corrected chi connectivity index (χ2v) is 6.37. The Morgan fingerprint density at radius 3 is 1.94 bits per heavy atom. The molecule has 90 valence electrons. The van der Waals surface area contributed by atoms with Crippen molar-refractivity contribution in [3.05, 3.63) is 0 Å². The Labute approximate surface area is 99.1 Å². The third kappa shape index (κ3) is 0.434. The van der Waals surface area contributed by atoms with Gasteiger partial charge in [0.2, 0.25) is 5.91 Å². The van der Waals surface area contributed by atoms with Crippen molar-refractivity contribution in [1.29, 1.82) is 0 Å². The normalized spacial score (nSPS) is 65.1. The summed E-state index contributed by atoms with van der Waals surface area (Å²) in [5, 5.41) is 2.98. The fraction of sp³-hybridized carbons (Fsp3) is 0.846. The number of methoxy groups -OCH3 is 1. The minimum Gasteiger partial charge on any atom is -0.469 e. The molecule has 4 nitrogen and oxygen atoms in total. The fourth-order valence-electron chi connectivity index (χ4n) is 6.88. The highest BCUT2D eigenvalue weighted by Gasteiger charge is 3.13. The number of amides is 1. The predicted molar refractivity (Wildman–Crippen MR) is 56.5 cm³/mol. The van der Waals surface area contributed by atoms with E-state index in [0.29, 0.717) is 35.5 Å². The molecular formula is C13H15NO3. The van der Waals surface area contributed by atoms with Gasteiger partial charge in [0.15, 0.2) is 0 Å². The van der Waals surface area contributed by atoms with Gasteiger partial charge in [-0.05, 0) is 42.4 Å². The van der Waals surface area contributed by atoms with Gasteiger partial charge in [-0.15, -0.1) is 0 Å². The van der Waals surface area contributed by atoms with Crippen molar-refractivity contribution in [2.45, 2.75) is 6.92 Å². The smallest absolute Gasteiger partial charge is 0.312 e. The molecular weight excluding hydrogens is 218 g/mol.